The highest BCUT2D eigenvalue weighted by molar-refractivity contribution is 4.71. The number of likely N-dealkylation sites (N-methyl/N-ethyl adjacent to an activating group) is 1. The van der Waals surface area contributed by atoms with Crippen molar-refractivity contribution < 1.29 is 4.74 Å². The summed E-state index contributed by atoms with van der Waals surface area (Å²) in [7, 11) is 2.23. The number of nitrogens with zero attached hydrogens (tertiary/aromatic N) is 1. The van der Waals surface area contributed by atoms with E-state index in [1.54, 1.807) is 0 Å². The zero-order valence-corrected chi connectivity index (χ0v) is 11.2. The molecule has 1 aliphatic heterocycles. The molecule has 1 aliphatic rings. The molecule has 1 rings (SSSR count). The zero-order chi connectivity index (χ0) is 11.8. The second-order valence-electron chi connectivity index (χ2n) is 4.96. The topological polar surface area (TPSA) is 24.5 Å². The van der Waals surface area contributed by atoms with Crippen molar-refractivity contribution in [2.24, 2.45) is 0 Å². The van der Waals surface area contributed by atoms with Crippen molar-refractivity contribution in [3.63, 3.8) is 0 Å². The van der Waals surface area contributed by atoms with Gasteiger partial charge in [-0.15, -0.1) is 0 Å². The fraction of sp³-hybridized carbons (Fsp3) is 1.00. The fourth-order valence-electron chi connectivity index (χ4n) is 2.21. The Morgan fingerprint density at radius 2 is 2.06 bits per heavy atom. The maximum atomic E-state index is 5.35. The summed E-state index contributed by atoms with van der Waals surface area (Å²) < 4.78 is 5.35. The predicted molar refractivity (Wildman–Crippen MR) is 68.8 cm³/mol. The maximum absolute atomic E-state index is 5.35. The van der Waals surface area contributed by atoms with Gasteiger partial charge in [0.05, 0.1) is 0 Å². The van der Waals surface area contributed by atoms with E-state index in [0.717, 1.165) is 26.3 Å². The molecule has 0 radical (unpaired) electrons. The predicted octanol–water partition coefficient (Wildman–Crippen LogP) is 1.88. The molecule has 3 heteroatoms. The molecule has 0 aromatic rings. The first-order chi connectivity index (χ1) is 7.74. The molecule has 1 N–H and O–H groups in total. The van der Waals surface area contributed by atoms with Crippen LogP contribution in [0.2, 0.25) is 0 Å². The first-order valence-corrected chi connectivity index (χ1v) is 6.75. The second-order valence-corrected chi connectivity index (χ2v) is 4.96. The third-order valence-corrected chi connectivity index (χ3v) is 3.58. The minimum Gasteiger partial charge on any atom is -0.381 e. The number of rotatable bonds is 7. The smallest absolute Gasteiger partial charge is 0.0480 e. The summed E-state index contributed by atoms with van der Waals surface area (Å²) in [6.07, 6.45) is 4.93. The molecule has 96 valence electrons. The molecule has 0 spiro atoms. The lowest BCUT2D eigenvalue weighted by molar-refractivity contribution is 0.0770. The second kappa shape index (κ2) is 8.04. The molecule has 0 aromatic carbocycles. The summed E-state index contributed by atoms with van der Waals surface area (Å²) in [6, 6.07) is 1.39. The van der Waals surface area contributed by atoms with Crippen LogP contribution in [-0.2, 0) is 4.74 Å². The molecule has 1 atom stereocenters. The first kappa shape index (κ1) is 13.9. The molecule has 1 unspecified atom stereocenters. The first-order valence-electron chi connectivity index (χ1n) is 6.75. The summed E-state index contributed by atoms with van der Waals surface area (Å²) in [5.41, 5.74) is 0. The molecule has 16 heavy (non-hydrogen) atoms. The van der Waals surface area contributed by atoms with Crippen LogP contribution in [0.1, 0.15) is 39.5 Å². The van der Waals surface area contributed by atoms with Gasteiger partial charge >= 0.3 is 0 Å². The lowest BCUT2D eigenvalue weighted by atomic mass is 10.1. The highest BCUT2D eigenvalue weighted by Crippen LogP contribution is 2.06. The van der Waals surface area contributed by atoms with Crippen molar-refractivity contribution in [1.82, 2.24) is 10.2 Å². The average Bonchev–Trinajstić information content (AvgIpc) is 2.30. The third kappa shape index (κ3) is 5.28. The van der Waals surface area contributed by atoms with Crippen molar-refractivity contribution >= 4 is 0 Å². The number of nitrogens with one attached hydrogen (secondary N) is 1. The van der Waals surface area contributed by atoms with Gasteiger partial charge in [-0.3, -0.25) is 0 Å². The van der Waals surface area contributed by atoms with Gasteiger partial charge in [-0.1, -0.05) is 13.3 Å². The van der Waals surface area contributed by atoms with E-state index < -0.39 is 0 Å². The molecule has 3 nitrogen and oxygen atoms in total. The molecule has 0 aromatic heterocycles. The Balaban J connectivity index is 2.04. The van der Waals surface area contributed by atoms with Crippen LogP contribution < -0.4 is 5.32 Å². The largest absolute Gasteiger partial charge is 0.381 e. The molecule has 0 bridgehead atoms. The Kier molecular flexibility index (Phi) is 7.01. The SMILES string of the molecule is CCCC(C)N(C)CCNC1CCOCC1. The zero-order valence-electron chi connectivity index (χ0n) is 11.2. The van der Waals surface area contributed by atoms with Gasteiger partial charge in [-0.2, -0.15) is 0 Å². The van der Waals surface area contributed by atoms with E-state index in [1.807, 2.05) is 0 Å². The normalized spacial score (nSPS) is 20.2. The van der Waals surface area contributed by atoms with E-state index >= 15 is 0 Å². The van der Waals surface area contributed by atoms with Crippen LogP contribution in [0.4, 0.5) is 0 Å². The highest BCUT2D eigenvalue weighted by atomic mass is 16.5. The van der Waals surface area contributed by atoms with Gasteiger partial charge in [-0.05, 0) is 33.2 Å². The average molecular weight is 228 g/mol. The summed E-state index contributed by atoms with van der Waals surface area (Å²) in [6.45, 7) is 8.69. The monoisotopic (exact) mass is 228 g/mol. The van der Waals surface area contributed by atoms with Gasteiger partial charge in [0.1, 0.15) is 0 Å². The van der Waals surface area contributed by atoms with Gasteiger partial charge in [-0.25, -0.2) is 0 Å². The number of hydrogen-bond donors (Lipinski definition) is 1. The molecule has 1 saturated heterocycles. The Hall–Kier alpha value is -0.120. The van der Waals surface area contributed by atoms with Crippen LogP contribution in [0.5, 0.6) is 0 Å². The van der Waals surface area contributed by atoms with E-state index in [4.69, 9.17) is 4.74 Å². The quantitative estimate of drug-likeness (QED) is 0.720. The molecule has 0 amide bonds. The van der Waals surface area contributed by atoms with Crippen LogP contribution in [0.15, 0.2) is 0 Å². The van der Waals surface area contributed by atoms with Crippen molar-refractivity contribution in [2.75, 3.05) is 33.4 Å². The van der Waals surface area contributed by atoms with Gasteiger partial charge in [0.15, 0.2) is 0 Å². The lowest BCUT2D eigenvalue weighted by Crippen LogP contribution is -2.41. The molecule has 0 saturated carbocycles. The molecule has 1 fully saturated rings. The van der Waals surface area contributed by atoms with Crippen LogP contribution in [0.3, 0.4) is 0 Å². The highest BCUT2D eigenvalue weighted by Gasteiger charge is 2.13. The van der Waals surface area contributed by atoms with Gasteiger partial charge < -0.3 is 15.0 Å². The minimum absolute atomic E-state index is 0.684. The van der Waals surface area contributed by atoms with E-state index in [-0.39, 0.29) is 0 Å². The van der Waals surface area contributed by atoms with E-state index in [9.17, 15) is 0 Å². The van der Waals surface area contributed by atoms with Gasteiger partial charge in [0.25, 0.3) is 0 Å². The Morgan fingerprint density at radius 1 is 1.38 bits per heavy atom. The van der Waals surface area contributed by atoms with E-state index in [1.165, 1.54) is 25.7 Å². The lowest BCUT2D eigenvalue weighted by Gasteiger charge is -2.27. The Labute approximate surface area is 101 Å². The van der Waals surface area contributed by atoms with Crippen molar-refractivity contribution in [3.8, 4) is 0 Å². The van der Waals surface area contributed by atoms with Crippen molar-refractivity contribution in [2.45, 2.75) is 51.6 Å². The summed E-state index contributed by atoms with van der Waals surface area (Å²) in [5.74, 6) is 0. The van der Waals surface area contributed by atoms with Crippen LogP contribution >= 0.6 is 0 Å². The molecule has 0 aliphatic carbocycles. The van der Waals surface area contributed by atoms with Crippen LogP contribution in [0.25, 0.3) is 0 Å². The Morgan fingerprint density at radius 3 is 2.69 bits per heavy atom. The molecular formula is C13H28N2O. The standard InChI is InChI=1S/C13H28N2O/c1-4-5-12(2)15(3)9-8-14-13-6-10-16-11-7-13/h12-14H,4-11H2,1-3H3. The molecule has 1 heterocycles. The van der Waals surface area contributed by atoms with E-state index in [2.05, 4.69) is 31.1 Å². The van der Waals surface area contributed by atoms with Crippen LogP contribution in [0, 0.1) is 0 Å². The van der Waals surface area contributed by atoms with Gasteiger partial charge in [0.2, 0.25) is 0 Å². The van der Waals surface area contributed by atoms with Crippen molar-refractivity contribution in [1.29, 1.82) is 0 Å². The maximum Gasteiger partial charge on any atom is 0.0480 e. The fourth-order valence-corrected chi connectivity index (χ4v) is 2.21. The van der Waals surface area contributed by atoms with Crippen LogP contribution in [-0.4, -0.2) is 50.3 Å². The molecular weight excluding hydrogens is 200 g/mol. The summed E-state index contributed by atoms with van der Waals surface area (Å²) in [5, 5.41) is 3.63. The number of hydrogen-bond acceptors (Lipinski definition) is 3. The summed E-state index contributed by atoms with van der Waals surface area (Å²) in [4.78, 5) is 2.45. The number of ether oxygens (including phenoxy) is 1. The summed E-state index contributed by atoms with van der Waals surface area (Å²) >= 11 is 0. The third-order valence-electron chi connectivity index (χ3n) is 3.58. The van der Waals surface area contributed by atoms with E-state index in [0.29, 0.717) is 12.1 Å². The van der Waals surface area contributed by atoms with Gasteiger partial charge in [0, 0.05) is 38.4 Å². The Bertz CT molecular complexity index is 169. The van der Waals surface area contributed by atoms with Crippen molar-refractivity contribution in [3.05, 3.63) is 0 Å². The minimum atomic E-state index is 0.684.